The molecular weight excluding hydrogens is 440 g/mol. The van der Waals surface area contributed by atoms with Gasteiger partial charge in [0.15, 0.2) is 0 Å². The highest BCUT2D eigenvalue weighted by atomic mass is 32.1. The smallest absolute Gasteiger partial charge is 0.242 e. The summed E-state index contributed by atoms with van der Waals surface area (Å²) in [6, 6.07) is 21.0. The topological polar surface area (TPSA) is 49.3 Å². The fraction of sp³-hybridized carbons (Fsp3) is 0.464. The fourth-order valence-corrected chi connectivity index (χ4v) is 6.91. The number of carbonyl (C=O) groups is 1. The molecule has 2 unspecified atom stereocenters. The van der Waals surface area contributed by atoms with Gasteiger partial charge >= 0.3 is 0 Å². The van der Waals surface area contributed by atoms with Crippen molar-refractivity contribution in [3.8, 4) is 0 Å². The SMILES string of the molecule is CC1(C)CC2CC(C)(CN2C(=O)CN(Cc2ccccc2)c2nc(Cc3ccccc3)ns2)C1. The van der Waals surface area contributed by atoms with Gasteiger partial charge in [0.2, 0.25) is 11.0 Å². The molecule has 1 aromatic heterocycles. The van der Waals surface area contributed by atoms with Gasteiger partial charge in [0.25, 0.3) is 0 Å². The number of amides is 1. The molecule has 1 amide bonds. The van der Waals surface area contributed by atoms with Gasteiger partial charge < -0.3 is 9.80 Å². The fourth-order valence-electron chi connectivity index (χ4n) is 6.22. The van der Waals surface area contributed by atoms with Gasteiger partial charge in [0.1, 0.15) is 5.82 Å². The quantitative estimate of drug-likeness (QED) is 0.450. The molecule has 2 heterocycles. The minimum Gasteiger partial charge on any atom is -0.338 e. The van der Waals surface area contributed by atoms with E-state index in [1.165, 1.54) is 29.1 Å². The third-order valence-corrected chi connectivity index (χ3v) is 8.03. The molecule has 2 fully saturated rings. The molecule has 1 saturated heterocycles. The van der Waals surface area contributed by atoms with Crippen molar-refractivity contribution in [2.45, 2.75) is 59.0 Å². The van der Waals surface area contributed by atoms with E-state index in [4.69, 9.17) is 4.98 Å². The van der Waals surface area contributed by atoms with E-state index in [1.54, 1.807) is 0 Å². The first-order valence-corrected chi connectivity index (χ1v) is 13.0. The lowest BCUT2D eigenvalue weighted by Gasteiger charge is -2.39. The maximum atomic E-state index is 13.7. The number of likely N-dealkylation sites (tertiary alicyclic amines) is 1. The molecule has 5 rings (SSSR count). The molecule has 2 bridgehead atoms. The minimum absolute atomic E-state index is 0.210. The molecule has 0 radical (unpaired) electrons. The highest BCUT2D eigenvalue weighted by Gasteiger charge is 2.51. The number of fused-ring (bicyclic) bond motifs is 2. The van der Waals surface area contributed by atoms with Crippen LogP contribution in [0.2, 0.25) is 0 Å². The highest BCUT2D eigenvalue weighted by molar-refractivity contribution is 7.09. The Bertz CT molecular complexity index is 1130. The molecule has 0 N–H and O–H groups in total. The van der Waals surface area contributed by atoms with Crippen LogP contribution in [0.15, 0.2) is 60.7 Å². The second-order valence-corrected chi connectivity index (χ2v) is 12.0. The van der Waals surface area contributed by atoms with Gasteiger partial charge in [-0.25, -0.2) is 4.98 Å². The van der Waals surface area contributed by atoms with E-state index in [9.17, 15) is 4.79 Å². The van der Waals surface area contributed by atoms with Crippen molar-refractivity contribution >= 4 is 22.6 Å². The predicted molar refractivity (Wildman–Crippen MR) is 138 cm³/mol. The van der Waals surface area contributed by atoms with Crippen molar-refractivity contribution in [3.63, 3.8) is 0 Å². The lowest BCUT2D eigenvalue weighted by molar-refractivity contribution is -0.130. The monoisotopic (exact) mass is 474 g/mol. The van der Waals surface area contributed by atoms with Crippen molar-refractivity contribution in [1.29, 1.82) is 0 Å². The zero-order valence-electron chi connectivity index (χ0n) is 20.4. The van der Waals surface area contributed by atoms with Gasteiger partial charge in [-0.05, 0) is 41.2 Å². The molecule has 5 nitrogen and oxygen atoms in total. The van der Waals surface area contributed by atoms with Crippen LogP contribution >= 0.6 is 11.5 Å². The van der Waals surface area contributed by atoms with Crippen LogP contribution in [0.1, 0.15) is 57.0 Å². The summed E-state index contributed by atoms with van der Waals surface area (Å²) in [6.45, 7) is 8.91. The van der Waals surface area contributed by atoms with Gasteiger partial charge in [0, 0.05) is 37.1 Å². The van der Waals surface area contributed by atoms with Gasteiger partial charge in [-0.1, -0.05) is 81.4 Å². The third kappa shape index (κ3) is 5.17. The number of anilines is 1. The van der Waals surface area contributed by atoms with Crippen molar-refractivity contribution in [2.75, 3.05) is 18.0 Å². The molecule has 3 aromatic rings. The molecular formula is C28H34N4OS. The summed E-state index contributed by atoms with van der Waals surface area (Å²) in [5.41, 5.74) is 2.89. The summed E-state index contributed by atoms with van der Waals surface area (Å²) in [6.07, 6.45) is 4.10. The van der Waals surface area contributed by atoms with E-state index in [0.29, 0.717) is 31.0 Å². The Morgan fingerprint density at radius 3 is 2.41 bits per heavy atom. The summed E-state index contributed by atoms with van der Waals surface area (Å²) in [5, 5.41) is 0.817. The second kappa shape index (κ2) is 9.14. The van der Waals surface area contributed by atoms with Crippen LogP contribution in [0.5, 0.6) is 0 Å². The maximum absolute atomic E-state index is 13.7. The standard InChI is InChI=1S/C28H34N4OS/c1-27(2)15-23-16-28(3,19-27)20-32(23)25(33)18-31(17-22-12-8-5-9-13-22)26-29-24(30-34-26)14-21-10-6-4-7-11-21/h4-13,23H,14-20H2,1-3H3. The third-order valence-electron chi connectivity index (χ3n) is 7.21. The van der Waals surface area contributed by atoms with E-state index in [-0.39, 0.29) is 11.3 Å². The second-order valence-electron chi connectivity index (χ2n) is 11.2. The Labute approximate surface area is 207 Å². The van der Waals surface area contributed by atoms with Crippen molar-refractivity contribution in [3.05, 3.63) is 77.6 Å². The molecule has 1 aliphatic carbocycles. The van der Waals surface area contributed by atoms with Crippen LogP contribution in [-0.2, 0) is 17.8 Å². The molecule has 1 aliphatic heterocycles. The summed E-state index contributed by atoms with van der Waals surface area (Å²) in [7, 11) is 0. The number of aromatic nitrogens is 2. The van der Waals surface area contributed by atoms with Crippen LogP contribution in [0.25, 0.3) is 0 Å². The van der Waals surface area contributed by atoms with Crippen LogP contribution in [0.3, 0.4) is 0 Å². The average Bonchev–Trinajstić information content (AvgIpc) is 3.35. The summed E-state index contributed by atoms with van der Waals surface area (Å²) in [4.78, 5) is 22.8. The molecule has 2 aliphatic rings. The summed E-state index contributed by atoms with van der Waals surface area (Å²) < 4.78 is 4.63. The first kappa shape index (κ1) is 23.0. The Hall–Kier alpha value is -2.73. The average molecular weight is 475 g/mol. The summed E-state index contributed by atoms with van der Waals surface area (Å²) in [5.74, 6) is 1.02. The molecule has 34 heavy (non-hydrogen) atoms. The molecule has 0 spiro atoms. The minimum atomic E-state index is 0.210. The lowest BCUT2D eigenvalue weighted by atomic mass is 9.65. The van der Waals surface area contributed by atoms with E-state index < -0.39 is 0 Å². The Morgan fingerprint density at radius 1 is 1.03 bits per heavy atom. The zero-order valence-corrected chi connectivity index (χ0v) is 21.2. The van der Waals surface area contributed by atoms with Gasteiger partial charge in [-0.15, -0.1) is 0 Å². The Kier molecular flexibility index (Phi) is 6.19. The van der Waals surface area contributed by atoms with Crippen molar-refractivity contribution < 1.29 is 4.79 Å². The van der Waals surface area contributed by atoms with E-state index in [1.807, 2.05) is 36.4 Å². The number of benzene rings is 2. The van der Waals surface area contributed by atoms with Crippen LogP contribution in [0, 0.1) is 10.8 Å². The van der Waals surface area contributed by atoms with Gasteiger partial charge in [0.05, 0.1) is 6.54 Å². The van der Waals surface area contributed by atoms with Crippen LogP contribution in [0.4, 0.5) is 5.13 Å². The largest absolute Gasteiger partial charge is 0.338 e. The molecule has 6 heteroatoms. The molecule has 1 saturated carbocycles. The number of hydrogen-bond donors (Lipinski definition) is 0. The normalized spacial score (nSPS) is 23.1. The molecule has 2 atom stereocenters. The first-order chi connectivity index (χ1) is 16.3. The van der Waals surface area contributed by atoms with Crippen molar-refractivity contribution in [2.24, 2.45) is 10.8 Å². The van der Waals surface area contributed by atoms with Gasteiger partial charge in [-0.2, -0.15) is 4.37 Å². The zero-order chi connectivity index (χ0) is 23.8. The first-order valence-electron chi connectivity index (χ1n) is 12.2. The van der Waals surface area contributed by atoms with E-state index in [2.05, 4.69) is 59.2 Å². The number of rotatable bonds is 7. The van der Waals surface area contributed by atoms with Gasteiger partial charge in [-0.3, -0.25) is 4.79 Å². The number of carbonyl (C=O) groups excluding carboxylic acids is 1. The summed E-state index contributed by atoms with van der Waals surface area (Å²) >= 11 is 1.39. The van der Waals surface area contributed by atoms with Crippen LogP contribution < -0.4 is 4.90 Å². The Morgan fingerprint density at radius 2 is 1.71 bits per heavy atom. The molecule has 178 valence electrons. The van der Waals surface area contributed by atoms with Crippen molar-refractivity contribution in [1.82, 2.24) is 14.3 Å². The highest BCUT2D eigenvalue weighted by Crippen LogP contribution is 2.52. The maximum Gasteiger partial charge on any atom is 0.242 e. The Balaban J connectivity index is 1.35. The lowest BCUT2D eigenvalue weighted by Crippen LogP contribution is -2.43. The van der Waals surface area contributed by atoms with E-state index >= 15 is 0 Å². The predicted octanol–water partition coefficient (Wildman–Crippen LogP) is 5.56. The number of nitrogens with zero attached hydrogens (tertiary/aromatic N) is 4. The number of hydrogen-bond acceptors (Lipinski definition) is 5. The van der Waals surface area contributed by atoms with E-state index in [0.717, 1.165) is 30.3 Å². The molecule has 2 aromatic carbocycles. The van der Waals surface area contributed by atoms with Crippen LogP contribution in [-0.4, -0.2) is 39.3 Å².